The highest BCUT2D eigenvalue weighted by atomic mass is 16.5. The first-order chi connectivity index (χ1) is 12.1. The maximum absolute atomic E-state index is 12.9. The van der Waals surface area contributed by atoms with Crippen LogP contribution in [0.3, 0.4) is 0 Å². The van der Waals surface area contributed by atoms with E-state index in [1.807, 2.05) is 23.1 Å². The smallest absolute Gasteiger partial charge is 0.227 e. The van der Waals surface area contributed by atoms with Crippen LogP contribution in [-0.4, -0.2) is 31.6 Å². The number of rotatable bonds is 5. The number of amides is 1. The van der Waals surface area contributed by atoms with Gasteiger partial charge in [-0.15, -0.1) is 0 Å². The van der Waals surface area contributed by atoms with E-state index in [9.17, 15) is 4.79 Å². The van der Waals surface area contributed by atoms with Crippen molar-refractivity contribution in [3.63, 3.8) is 0 Å². The molecule has 1 atom stereocenters. The second kappa shape index (κ2) is 7.60. The van der Waals surface area contributed by atoms with Gasteiger partial charge in [-0.2, -0.15) is 0 Å². The number of nitrogens with zero attached hydrogens (tertiary/aromatic N) is 1. The van der Waals surface area contributed by atoms with Crippen molar-refractivity contribution in [2.75, 3.05) is 20.8 Å². The lowest BCUT2D eigenvalue weighted by Crippen LogP contribution is -2.31. The summed E-state index contributed by atoms with van der Waals surface area (Å²) in [5, 5.41) is 0. The summed E-state index contributed by atoms with van der Waals surface area (Å²) in [5.41, 5.74) is 3.41. The van der Waals surface area contributed by atoms with E-state index in [4.69, 9.17) is 9.47 Å². The van der Waals surface area contributed by atoms with Crippen LogP contribution in [-0.2, 0) is 11.2 Å². The van der Waals surface area contributed by atoms with Crippen molar-refractivity contribution in [3.05, 3.63) is 59.2 Å². The molecule has 2 aromatic carbocycles. The quantitative estimate of drug-likeness (QED) is 0.829. The Kier molecular flexibility index (Phi) is 5.27. The van der Waals surface area contributed by atoms with Gasteiger partial charge in [0.1, 0.15) is 0 Å². The molecule has 1 saturated heterocycles. The molecule has 3 rings (SSSR count). The molecule has 1 aliphatic rings. The molecule has 0 spiro atoms. The molecule has 0 unspecified atom stereocenters. The molecule has 1 heterocycles. The van der Waals surface area contributed by atoms with Gasteiger partial charge in [0.05, 0.1) is 26.7 Å². The predicted octanol–water partition coefficient (Wildman–Crippen LogP) is 3.92. The number of carbonyl (C=O) groups excluding carboxylic acids is 1. The molecule has 4 nitrogen and oxygen atoms in total. The van der Waals surface area contributed by atoms with E-state index >= 15 is 0 Å². The van der Waals surface area contributed by atoms with E-state index < -0.39 is 0 Å². The highest BCUT2D eigenvalue weighted by Gasteiger charge is 2.29. The van der Waals surface area contributed by atoms with E-state index in [0.29, 0.717) is 17.9 Å². The molecule has 132 valence electrons. The Morgan fingerprint density at radius 3 is 2.48 bits per heavy atom. The Balaban J connectivity index is 1.75. The molecule has 1 fully saturated rings. The van der Waals surface area contributed by atoms with Gasteiger partial charge >= 0.3 is 0 Å². The summed E-state index contributed by atoms with van der Waals surface area (Å²) in [6.07, 6.45) is 2.46. The SMILES string of the molecule is COc1ccc(CC(=O)N2CCC[C@@H]2c2ccc(C)cc2)cc1OC. The summed E-state index contributed by atoms with van der Waals surface area (Å²) >= 11 is 0. The summed E-state index contributed by atoms with van der Waals surface area (Å²) < 4.78 is 10.6. The fraction of sp³-hybridized carbons (Fsp3) is 0.381. The average molecular weight is 339 g/mol. The maximum Gasteiger partial charge on any atom is 0.227 e. The van der Waals surface area contributed by atoms with Crippen molar-refractivity contribution in [3.8, 4) is 11.5 Å². The van der Waals surface area contributed by atoms with Gasteiger partial charge in [-0.25, -0.2) is 0 Å². The highest BCUT2D eigenvalue weighted by Crippen LogP contribution is 2.33. The Hall–Kier alpha value is -2.49. The third kappa shape index (κ3) is 3.78. The third-order valence-electron chi connectivity index (χ3n) is 4.84. The molecule has 2 aromatic rings. The van der Waals surface area contributed by atoms with E-state index in [1.165, 1.54) is 11.1 Å². The summed E-state index contributed by atoms with van der Waals surface area (Å²) in [6.45, 7) is 2.91. The number of likely N-dealkylation sites (tertiary alicyclic amines) is 1. The van der Waals surface area contributed by atoms with Crippen molar-refractivity contribution in [1.82, 2.24) is 4.90 Å². The highest BCUT2D eigenvalue weighted by molar-refractivity contribution is 5.79. The van der Waals surface area contributed by atoms with Crippen LogP contribution in [0.5, 0.6) is 11.5 Å². The van der Waals surface area contributed by atoms with Gasteiger partial charge in [-0.05, 0) is 43.0 Å². The fourth-order valence-corrected chi connectivity index (χ4v) is 3.47. The molecule has 0 aliphatic carbocycles. The number of hydrogen-bond donors (Lipinski definition) is 0. The van der Waals surface area contributed by atoms with E-state index in [2.05, 4.69) is 31.2 Å². The number of carbonyl (C=O) groups is 1. The molecule has 0 radical (unpaired) electrons. The van der Waals surface area contributed by atoms with E-state index in [-0.39, 0.29) is 11.9 Å². The predicted molar refractivity (Wildman–Crippen MR) is 98.1 cm³/mol. The molecule has 0 N–H and O–H groups in total. The first-order valence-corrected chi connectivity index (χ1v) is 8.69. The fourth-order valence-electron chi connectivity index (χ4n) is 3.47. The lowest BCUT2D eigenvalue weighted by atomic mass is 10.0. The van der Waals surface area contributed by atoms with Gasteiger partial charge in [0.15, 0.2) is 11.5 Å². The molecule has 25 heavy (non-hydrogen) atoms. The summed E-state index contributed by atoms with van der Waals surface area (Å²) in [4.78, 5) is 14.9. The Labute approximate surface area is 149 Å². The first-order valence-electron chi connectivity index (χ1n) is 8.69. The van der Waals surface area contributed by atoms with Crippen LogP contribution >= 0.6 is 0 Å². The van der Waals surface area contributed by atoms with Gasteiger partial charge in [0.2, 0.25) is 5.91 Å². The first kappa shape index (κ1) is 17.3. The zero-order chi connectivity index (χ0) is 17.8. The molecule has 0 bridgehead atoms. The van der Waals surface area contributed by atoms with Gasteiger partial charge < -0.3 is 14.4 Å². The topological polar surface area (TPSA) is 38.8 Å². The molecule has 1 aliphatic heterocycles. The van der Waals surface area contributed by atoms with Crippen LogP contribution in [0.15, 0.2) is 42.5 Å². The van der Waals surface area contributed by atoms with Crippen LogP contribution in [0.4, 0.5) is 0 Å². The van der Waals surface area contributed by atoms with Gasteiger partial charge in [0.25, 0.3) is 0 Å². The standard InChI is InChI=1S/C21H25NO3/c1-15-6-9-17(10-7-15)18-5-4-12-22(18)21(23)14-16-8-11-19(24-2)20(13-16)25-3/h6-11,13,18H,4-5,12,14H2,1-3H3/t18-/m1/s1. The van der Waals surface area contributed by atoms with Crippen LogP contribution in [0.2, 0.25) is 0 Å². The van der Waals surface area contributed by atoms with E-state index in [0.717, 1.165) is 24.9 Å². The maximum atomic E-state index is 12.9. The third-order valence-corrected chi connectivity index (χ3v) is 4.84. The summed E-state index contributed by atoms with van der Waals surface area (Å²) in [5.74, 6) is 1.50. The Morgan fingerprint density at radius 2 is 1.80 bits per heavy atom. The summed E-state index contributed by atoms with van der Waals surface area (Å²) in [6, 6.07) is 14.4. The minimum absolute atomic E-state index is 0.162. The zero-order valence-corrected chi connectivity index (χ0v) is 15.1. The Bertz CT molecular complexity index is 739. The molecule has 0 saturated carbocycles. The number of aryl methyl sites for hydroxylation is 1. The van der Waals surface area contributed by atoms with Crippen LogP contribution in [0.1, 0.15) is 35.6 Å². The number of methoxy groups -OCH3 is 2. The van der Waals surface area contributed by atoms with Crippen molar-refractivity contribution < 1.29 is 14.3 Å². The monoisotopic (exact) mass is 339 g/mol. The largest absolute Gasteiger partial charge is 0.493 e. The van der Waals surface area contributed by atoms with Crippen LogP contribution < -0.4 is 9.47 Å². The van der Waals surface area contributed by atoms with Crippen molar-refractivity contribution in [2.24, 2.45) is 0 Å². The normalized spacial score (nSPS) is 16.8. The number of ether oxygens (including phenoxy) is 2. The lowest BCUT2D eigenvalue weighted by Gasteiger charge is -2.25. The lowest BCUT2D eigenvalue weighted by molar-refractivity contribution is -0.131. The van der Waals surface area contributed by atoms with Crippen LogP contribution in [0.25, 0.3) is 0 Å². The summed E-state index contributed by atoms with van der Waals surface area (Å²) in [7, 11) is 3.22. The minimum atomic E-state index is 0.162. The van der Waals surface area contributed by atoms with Crippen LogP contribution in [0, 0.1) is 6.92 Å². The van der Waals surface area contributed by atoms with E-state index in [1.54, 1.807) is 14.2 Å². The molecular weight excluding hydrogens is 314 g/mol. The minimum Gasteiger partial charge on any atom is -0.493 e. The number of benzene rings is 2. The molecular formula is C21H25NO3. The van der Waals surface area contributed by atoms with Gasteiger partial charge in [-0.1, -0.05) is 35.9 Å². The second-order valence-electron chi connectivity index (χ2n) is 6.52. The van der Waals surface area contributed by atoms with Crippen molar-refractivity contribution in [1.29, 1.82) is 0 Å². The number of hydrogen-bond acceptors (Lipinski definition) is 3. The van der Waals surface area contributed by atoms with Gasteiger partial charge in [0, 0.05) is 6.54 Å². The zero-order valence-electron chi connectivity index (χ0n) is 15.1. The van der Waals surface area contributed by atoms with Crippen molar-refractivity contribution in [2.45, 2.75) is 32.2 Å². The van der Waals surface area contributed by atoms with Gasteiger partial charge in [-0.3, -0.25) is 4.79 Å². The molecule has 0 aromatic heterocycles. The molecule has 1 amide bonds. The second-order valence-corrected chi connectivity index (χ2v) is 6.52. The Morgan fingerprint density at radius 1 is 1.08 bits per heavy atom. The van der Waals surface area contributed by atoms with Crippen molar-refractivity contribution >= 4 is 5.91 Å². The average Bonchev–Trinajstić information content (AvgIpc) is 3.12. The molecule has 4 heteroatoms.